The first kappa shape index (κ1) is 13.5. The summed E-state index contributed by atoms with van der Waals surface area (Å²) in [6, 6.07) is 1.84. The maximum absolute atomic E-state index is 10.3. The highest BCUT2D eigenvalue weighted by molar-refractivity contribution is 6.33. The fourth-order valence-electron chi connectivity index (χ4n) is 2.23. The maximum atomic E-state index is 10.3. The van der Waals surface area contributed by atoms with Crippen molar-refractivity contribution >= 4 is 11.6 Å². The van der Waals surface area contributed by atoms with Crippen molar-refractivity contribution < 1.29 is 14.6 Å². The molecule has 1 aliphatic heterocycles. The minimum atomic E-state index is -0.959. The first-order valence-electron chi connectivity index (χ1n) is 6.17. The molecule has 0 amide bonds. The third kappa shape index (κ3) is 2.29. The fourth-order valence-corrected chi connectivity index (χ4v) is 2.70. The lowest BCUT2D eigenvalue weighted by Crippen LogP contribution is -2.22. The summed E-state index contributed by atoms with van der Waals surface area (Å²) in [5.74, 6) is 1.42. The Kier molecular flexibility index (Phi) is 3.47. The predicted molar refractivity (Wildman–Crippen MR) is 71.8 cm³/mol. The fraction of sp³-hybridized carbons (Fsp3) is 0.571. The van der Waals surface area contributed by atoms with E-state index in [0.29, 0.717) is 29.7 Å². The predicted octanol–water partition coefficient (Wildman–Crippen LogP) is 3.46. The van der Waals surface area contributed by atoms with Crippen molar-refractivity contribution in [3.8, 4) is 11.5 Å². The molecular weight excluding hydrogens is 252 g/mol. The van der Waals surface area contributed by atoms with E-state index < -0.39 is 5.60 Å². The molecule has 100 valence electrons. The Morgan fingerprint density at radius 3 is 2.44 bits per heavy atom. The summed E-state index contributed by atoms with van der Waals surface area (Å²) in [6.45, 7) is 8.61. The summed E-state index contributed by atoms with van der Waals surface area (Å²) >= 11 is 6.42. The number of benzene rings is 1. The molecule has 0 aromatic heterocycles. The van der Waals surface area contributed by atoms with E-state index in [-0.39, 0.29) is 5.92 Å². The number of halogens is 1. The second-order valence-corrected chi connectivity index (χ2v) is 5.77. The average molecular weight is 271 g/mol. The van der Waals surface area contributed by atoms with Crippen LogP contribution in [0.4, 0.5) is 0 Å². The Hall–Kier alpha value is -0.930. The molecule has 0 spiro atoms. The van der Waals surface area contributed by atoms with Crippen LogP contribution in [0.1, 0.15) is 44.7 Å². The highest BCUT2D eigenvalue weighted by Crippen LogP contribution is 2.46. The molecule has 0 bridgehead atoms. The molecule has 0 radical (unpaired) electrons. The van der Waals surface area contributed by atoms with Gasteiger partial charge in [0.1, 0.15) is 13.2 Å². The molecule has 0 fully saturated rings. The van der Waals surface area contributed by atoms with E-state index in [0.717, 1.165) is 11.1 Å². The van der Waals surface area contributed by atoms with E-state index in [1.807, 2.05) is 19.9 Å². The van der Waals surface area contributed by atoms with E-state index in [2.05, 4.69) is 0 Å². The van der Waals surface area contributed by atoms with Gasteiger partial charge in [0.05, 0.1) is 10.6 Å². The lowest BCUT2D eigenvalue weighted by molar-refractivity contribution is 0.0763. The van der Waals surface area contributed by atoms with Crippen LogP contribution in [0, 0.1) is 0 Å². The molecule has 0 saturated carbocycles. The molecule has 1 aromatic rings. The summed E-state index contributed by atoms with van der Waals surface area (Å²) in [5.41, 5.74) is 0.763. The van der Waals surface area contributed by atoms with E-state index >= 15 is 0 Å². The molecular formula is C14H19ClO3. The highest BCUT2D eigenvalue weighted by Gasteiger charge is 2.29. The summed E-state index contributed by atoms with van der Waals surface area (Å²) in [4.78, 5) is 0. The Morgan fingerprint density at radius 2 is 1.89 bits per heavy atom. The van der Waals surface area contributed by atoms with Gasteiger partial charge in [-0.05, 0) is 37.0 Å². The Morgan fingerprint density at radius 1 is 1.28 bits per heavy atom. The van der Waals surface area contributed by atoms with Crippen molar-refractivity contribution in [1.29, 1.82) is 0 Å². The van der Waals surface area contributed by atoms with E-state index in [9.17, 15) is 5.11 Å². The van der Waals surface area contributed by atoms with Crippen LogP contribution in [0.15, 0.2) is 6.07 Å². The van der Waals surface area contributed by atoms with Gasteiger partial charge >= 0.3 is 0 Å². The average Bonchev–Trinajstić information content (AvgIpc) is 2.27. The molecule has 18 heavy (non-hydrogen) atoms. The highest BCUT2D eigenvalue weighted by atomic mass is 35.5. The van der Waals surface area contributed by atoms with Crippen molar-refractivity contribution in [3.05, 3.63) is 22.2 Å². The van der Waals surface area contributed by atoms with Crippen LogP contribution in [0.5, 0.6) is 11.5 Å². The number of aliphatic hydroxyl groups is 1. The van der Waals surface area contributed by atoms with Gasteiger partial charge in [-0.2, -0.15) is 0 Å². The molecule has 0 aliphatic carbocycles. The van der Waals surface area contributed by atoms with Gasteiger partial charge in [-0.15, -0.1) is 0 Å². The second kappa shape index (κ2) is 4.63. The monoisotopic (exact) mass is 270 g/mol. The van der Waals surface area contributed by atoms with Gasteiger partial charge < -0.3 is 14.6 Å². The minimum Gasteiger partial charge on any atom is -0.486 e. The lowest BCUT2D eigenvalue weighted by atomic mass is 9.87. The topological polar surface area (TPSA) is 38.7 Å². The molecule has 1 N–H and O–H groups in total. The molecule has 0 unspecified atom stereocenters. The third-order valence-corrected chi connectivity index (χ3v) is 3.42. The standard InChI is InChI=1S/C14H19ClO3/c1-8(2)11-9(14(3,4)16)7-10-13(12(11)15)18-6-5-17-10/h7-8,16H,5-6H2,1-4H3. The summed E-state index contributed by atoms with van der Waals surface area (Å²) in [7, 11) is 0. The van der Waals surface area contributed by atoms with Crippen LogP contribution in [0.3, 0.4) is 0 Å². The SMILES string of the molecule is CC(C)c1c(C(C)(C)O)cc2c(c1Cl)OCCO2. The number of ether oxygens (including phenoxy) is 2. The summed E-state index contributed by atoms with van der Waals surface area (Å²) in [5, 5.41) is 10.8. The molecule has 0 saturated heterocycles. The third-order valence-electron chi connectivity index (χ3n) is 3.05. The van der Waals surface area contributed by atoms with Gasteiger partial charge in [-0.3, -0.25) is 0 Å². The number of fused-ring (bicyclic) bond motifs is 1. The smallest absolute Gasteiger partial charge is 0.180 e. The number of hydrogen-bond acceptors (Lipinski definition) is 3. The Balaban J connectivity index is 2.69. The summed E-state index contributed by atoms with van der Waals surface area (Å²) in [6.07, 6.45) is 0. The zero-order valence-electron chi connectivity index (χ0n) is 11.2. The molecule has 1 aliphatic rings. The quantitative estimate of drug-likeness (QED) is 0.894. The van der Waals surface area contributed by atoms with E-state index in [4.69, 9.17) is 21.1 Å². The van der Waals surface area contributed by atoms with Crippen LogP contribution in [0.25, 0.3) is 0 Å². The number of hydrogen-bond donors (Lipinski definition) is 1. The van der Waals surface area contributed by atoms with Crippen LogP contribution in [-0.4, -0.2) is 18.3 Å². The van der Waals surface area contributed by atoms with E-state index in [1.165, 1.54) is 0 Å². The van der Waals surface area contributed by atoms with Crippen LogP contribution >= 0.6 is 11.6 Å². The molecule has 0 atom stereocenters. The van der Waals surface area contributed by atoms with Gasteiger partial charge in [0.25, 0.3) is 0 Å². The van der Waals surface area contributed by atoms with Crippen molar-refractivity contribution in [2.75, 3.05) is 13.2 Å². The first-order chi connectivity index (χ1) is 8.32. The lowest BCUT2D eigenvalue weighted by Gasteiger charge is -2.29. The Labute approximate surface area is 113 Å². The van der Waals surface area contributed by atoms with E-state index in [1.54, 1.807) is 13.8 Å². The van der Waals surface area contributed by atoms with Gasteiger partial charge in [0, 0.05) is 0 Å². The van der Waals surface area contributed by atoms with Crippen molar-refractivity contribution in [3.63, 3.8) is 0 Å². The van der Waals surface area contributed by atoms with Crippen molar-refractivity contribution in [2.45, 2.75) is 39.2 Å². The first-order valence-corrected chi connectivity index (χ1v) is 6.55. The maximum Gasteiger partial charge on any atom is 0.180 e. The van der Waals surface area contributed by atoms with Crippen molar-refractivity contribution in [1.82, 2.24) is 0 Å². The zero-order valence-corrected chi connectivity index (χ0v) is 12.0. The number of rotatable bonds is 2. The van der Waals surface area contributed by atoms with Crippen molar-refractivity contribution in [2.24, 2.45) is 0 Å². The second-order valence-electron chi connectivity index (χ2n) is 5.39. The van der Waals surface area contributed by atoms with Crippen LogP contribution in [0.2, 0.25) is 5.02 Å². The molecule has 3 nitrogen and oxygen atoms in total. The minimum absolute atomic E-state index is 0.203. The summed E-state index contributed by atoms with van der Waals surface area (Å²) < 4.78 is 11.1. The van der Waals surface area contributed by atoms with Gasteiger partial charge in [-0.1, -0.05) is 25.4 Å². The normalized spacial score (nSPS) is 15.1. The van der Waals surface area contributed by atoms with Crippen LogP contribution in [-0.2, 0) is 5.60 Å². The zero-order chi connectivity index (χ0) is 13.5. The molecule has 4 heteroatoms. The molecule has 1 aromatic carbocycles. The molecule has 2 rings (SSSR count). The van der Waals surface area contributed by atoms with Crippen LogP contribution < -0.4 is 9.47 Å². The van der Waals surface area contributed by atoms with Gasteiger partial charge in [-0.25, -0.2) is 0 Å². The molecule has 1 heterocycles. The van der Waals surface area contributed by atoms with Gasteiger partial charge in [0.15, 0.2) is 11.5 Å². The Bertz CT molecular complexity index is 461. The largest absolute Gasteiger partial charge is 0.486 e. The van der Waals surface area contributed by atoms with Gasteiger partial charge in [0.2, 0.25) is 0 Å².